The van der Waals surface area contributed by atoms with Gasteiger partial charge in [0, 0.05) is 25.6 Å². The molecule has 2 heterocycles. The first kappa shape index (κ1) is 17.2. The molecule has 2 fully saturated rings. The number of amides is 2. The molecule has 0 radical (unpaired) electrons. The van der Waals surface area contributed by atoms with Crippen molar-refractivity contribution in [3.63, 3.8) is 0 Å². The van der Waals surface area contributed by atoms with E-state index in [9.17, 15) is 9.59 Å². The van der Waals surface area contributed by atoms with Crippen LogP contribution in [0.15, 0.2) is 24.3 Å². The number of carbonyl (C=O) groups is 2. The number of hydrogen-bond acceptors (Lipinski definition) is 3. The fourth-order valence-corrected chi connectivity index (χ4v) is 3.93. The standard InChI is InChI=1S/C18H24ClN3O2/c1-2-21-9-5-6-14(21)11-20-18(24)13-10-17(23)22(12-13)16-8-4-3-7-15(16)19/h3-4,7-8,13-14H,2,5-6,9-12H2,1H3,(H,20,24). The average molecular weight is 350 g/mol. The number of para-hydroxylation sites is 1. The molecule has 24 heavy (non-hydrogen) atoms. The van der Waals surface area contributed by atoms with E-state index < -0.39 is 0 Å². The van der Waals surface area contributed by atoms with Gasteiger partial charge in [0.15, 0.2) is 0 Å². The Morgan fingerprint density at radius 1 is 1.38 bits per heavy atom. The summed E-state index contributed by atoms with van der Waals surface area (Å²) in [5.74, 6) is -0.370. The van der Waals surface area contributed by atoms with Crippen LogP contribution in [0.4, 0.5) is 5.69 Å². The molecule has 2 aliphatic rings. The van der Waals surface area contributed by atoms with E-state index in [2.05, 4.69) is 17.1 Å². The molecule has 2 saturated heterocycles. The first-order chi connectivity index (χ1) is 11.6. The molecule has 0 spiro atoms. The minimum absolute atomic E-state index is 0.0270. The molecule has 5 nitrogen and oxygen atoms in total. The summed E-state index contributed by atoms with van der Waals surface area (Å²) in [6.07, 6.45) is 2.57. The van der Waals surface area contributed by atoms with Gasteiger partial charge < -0.3 is 10.2 Å². The lowest BCUT2D eigenvalue weighted by molar-refractivity contribution is -0.126. The van der Waals surface area contributed by atoms with Crippen molar-refractivity contribution in [2.24, 2.45) is 5.92 Å². The summed E-state index contributed by atoms with van der Waals surface area (Å²) in [5.41, 5.74) is 0.687. The van der Waals surface area contributed by atoms with Crippen LogP contribution in [0, 0.1) is 5.92 Å². The lowest BCUT2D eigenvalue weighted by Crippen LogP contribution is -2.42. The molecule has 130 valence electrons. The maximum atomic E-state index is 12.5. The first-order valence-electron chi connectivity index (χ1n) is 8.66. The Morgan fingerprint density at radius 3 is 2.92 bits per heavy atom. The molecular formula is C18H24ClN3O2. The van der Waals surface area contributed by atoms with Crippen molar-refractivity contribution in [3.8, 4) is 0 Å². The summed E-state index contributed by atoms with van der Waals surface area (Å²) in [6.45, 7) is 5.35. The lowest BCUT2D eigenvalue weighted by Gasteiger charge is -2.23. The lowest BCUT2D eigenvalue weighted by atomic mass is 10.1. The number of rotatable bonds is 5. The molecule has 0 aliphatic carbocycles. The SMILES string of the molecule is CCN1CCCC1CNC(=O)C1CC(=O)N(c2ccccc2Cl)C1. The molecule has 1 aromatic rings. The third kappa shape index (κ3) is 3.57. The molecule has 0 bridgehead atoms. The molecule has 2 atom stereocenters. The molecule has 1 N–H and O–H groups in total. The van der Waals surface area contributed by atoms with Gasteiger partial charge in [0.1, 0.15) is 0 Å². The molecule has 2 amide bonds. The van der Waals surface area contributed by atoms with E-state index in [0.717, 1.165) is 19.5 Å². The van der Waals surface area contributed by atoms with Crippen LogP contribution in [-0.4, -0.2) is 48.9 Å². The van der Waals surface area contributed by atoms with Crippen molar-refractivity contribution in [2.45, 2.75) is 32.2 Å². The summed E-state index contributed by atoms with van der Waals surface area (Å²) in [4.78, 5) is 28.8. The second-order valence-corrected chi connectivity index (χ2v) is 6.93. The van der Waals surface area contributed by atoms with E-state index >= 15 is 0 Å². The van der Waals surface area contributed by atoms with E-state index in [-0.39, 0.29) is 24.2 Å². The molecule has 1 aromatic carbocycles. The Morgan fingerprint density at radius 2 is 2.17 bits per heavy atom. The maximum absolute atomic E-state index is 12.5. The van der Waals surface area contributed by atoms with Crippen LogP contribution in [0.1, 0.15) is 26.2 Å². The number of carbonyl (C=O) groups excluding carboxylic acids is 2. The second kappa shape index (κ2) is 7.53. The Hall–Kier alpha value is -1.59. The first-order valence-corrected chi connectivity index (χ1v) is 9.04. The van der Waals surface area contributed by atoms with Crippen LogP contribution in [0.5, 0.6) is 0 Å². The fourth-order valence-electron chi connectivity index (χ4n) is 3.69. The highest BCUT2D eigenvalue weighted by Crippen LogP contribution is 2.31. The highest BCUT2D eigenvalue weighted by molar-refractivity contribution is 6.33. The number of likely N-dealkylation sites (N-methyl/N-ethyl adjacent to an activating group) is 1. The molecule has 2 aliphatic heterocycles. The summed E-state index contributed by atoms with van der Waals surface area (Å²) >= 11 is 6.18. The van der Waals surface area contributed by atoms with Crippen LogP contribution in [0.25, 0.3) is 0 Å². The van der Waals surface area contributed by atoms with Gasteiger partial charge in [-0.3, -0.25) is 14.5 Å². The Balaban J connectivity index is 1.57. The number of halogens is 1. The van der Waals surface area contributed by atoms with E-state index in [1.54, 1.807) is 11.0 Å². The molecule has 0 saturated carbocycles. The van der Waals surface area contributed by atoms with Crippen LogP contribution >= 0.6 is 11.6 Å². The van der Waals surface area contributed by atoms with Gasteiger partial charge in [0.25, 0.3) is 0 Å². The van der Waals surface area contributed by atoms with Crippen molar-refractivity contribution >= 4 is 29.1 Å². The van der Waals surface area contributed by atoms with Crippen LogP contribution in [0.3, 0.4) is 0 Å². The second-order valence-electron chi connectivity index (χ2n) is 6.53. The fraction of sp³-hybridized carbons (Fsp3) is 0.556. The third-order valence-corrected chi connectivity index (χ3v) is 5.38. The van der Waals surface area contributed by atoms with E-state index in [1.807, 2.05) is 18.2 Å². The number of nitrogens with one attached hydrogen (secondary N) is 1. The minimum Gasteiger partial charge on any atom is -0.354 e. The normalized spacial score (nSPS) is 24.6. The predicted octanol–water partition coefficient (Wildman–Crippen LogP) is 2.29. The third-order valence-electron chi connectivity index (χ3n) is 5.06. The van der Waals surface area contributed by atoms with Crippen molar-refractivity contribution in [3.05, 3.63) is 29.3 Å². The van der Waals surface area contributed by atoms with Crippen LogP contribution in [0.2, 0.25) is 5.02 Å². The topological polar surface area (TPSA) is 52.7 Å². The van der Waals surface area contributed by atoms with Gasteiger partial charge in [-0.1, -0.05) is 30.7 Å². The number of hydrogen-bond donors (Lipinski definition) is 1. The maximum Gasteiger partial charge on any atom is 0.227 e. The summed E-state index contributed by atoms with van der Waals surface area (Å²) < 4.78 is 0. The van der Waals surface area contributed by atoms with Gasteiger partial charge in [-0.2, -0.15) is 0 Å². The van der Waals surface area contributed by atoms with E-state index in [1.165, 1.54) is 6.42 Å². The largest absolute Gasteiger partial charge is 0.354 e. The molecule has 3 rings (SSSR count). The summed E-state index contributed by atoms with van der Waals surface area (Å²) in [5, 5.41) is 3.58. The van der Waals surface area contributed by atoms with Gasteiger partial charge in [-0.25, -0.2) is 0 Å². The zero-order valence-corrected chi connectivity index (χ0v) is 14.8. The quantitative estimate of drug-likeness (QED) is 0.887. The predicted molar refractivity (Wildman–Crippen MR) is 95.2 cm³/mol. The highest BCUT2D eigenvalue weighted by atomic mass is 35.5. The van der Waals surface area contributed by atoms with E-state index in [4.69, 9.17) is 11.6 Å². The number of likely N-dealkylation sites (tertiary alicyclic amines) is 1. The number of benzene rings is 1. The smallest absolute Gasteiger partial charge is 0.227 e. The highest BCUT2D eigenvalue weighted by Gasteiger charge is 2.36. The zero-order valence-electron chi connectivity index (χ0n) is 14.0. The monoisotopic (exact) mass is 349 g/mol. The summed E-state index contributed by atoms with van der Waals surface area (Å²) in [7, 11) is 0. The number of anilines is 1. The van der Waals surface area contributed by atoms with Crippen molar-refractivity contribution in [1.82, 2.24) is 10.2 Å². The minimum atomic E-state index is -0.301. The van der Waals surface area contributed by atoms with Gasteiger partial charge in [0.05, 0.1) is 16.6 Å². The van der Waals surface area contributed by atoms with Gasteiger partial charge in [0.2, 0.25) is 11.8 Å². The van der Waals surface area contributed by atoms with Crippen LogP contribution in [-0.2, 0) is 9.59 Å². The number of nitrogens with zero attached hydrogens (tertiary/aromatic N) is 2. The molecule has 0 aromatic heterocycles. The van der Waals surface area contributed by atoms with E-state index in [0.29, 0.717) is 29.8 Å². The van der Waals surface area contributed by atoms with Gasteiger partial charge >= 0.3 is 0 Å². The summed E-state index contributed by atoms with van der Waals surface area (Å²) in [6, 6.07) is 7.68. The van der Waals surface area contributed by atoms with Crippen molar-refractivity contribution < 1.29 is 9.59 Å². The average Bonchev–Trinajstić information content (AvgIpc) is 3.19. The molecular weight excluding hydrogens is 326 g/mol. The Bertz CT molecular complexity index is 622. The van der Waals surface area contributed by atoms with Crippen molar-refractivity contribution in [2.75, 3.05) is 31.1 Å². The van der Waals surface area contributed by atoms with Gasteiger partial charge in [-0.05, 0) is 38.1 Å². The van der Waals surface area contributed by atoms with Crippen molar-refractivity contribution in [1.29, 1.82) is 0 Å². The molecule has 6 heteroatoms. The van der Waals surface area contributed by atoms with Gasteiger partial charge in [-0.15, -0.1) is 0 Å². The Labute approximate surface area is 147 Å². The Kier molecular flexibility index (Phi) is 5.41. The van der Waals surface area contributed by atoms with Crippen LogP contribution < -0.4 is 10.2 Å². The molecule has 2 unspecified atom stereocenters. The zero-order chi connectivity index (χ0) is 17.1.